The molecule has 32 heavy (non-hydrogen) atoms. The smallest absolute Gasteiger partial charge is 0.0439 e. The third-order valence-electron chi connectivity index (χ3n) is 7.20. The fourth-order valence-corrected chi connectivity index (χ4v) is 3.66. The molecule has 1 aliphatic carbocycles. The Kier molecular flexibility index (Phi) is 11.7. The zero-order valence-electron chi connectivity index (χ0n) is 22.9. The molecule has 1 heteroatoms. The molecule has 0 saturated heterocycles. The molecule has 1 unspecified atom stereocenters. The van der Waals surface area contributed by atoms with Crippen LogP contribution in [0.15, 0.2) is 71.9 Å². The van der Waals surface area contributed by atoms with Crippen LogP contribution < -0.4 is 6.15 Å². The van der Waals surface area contributed by atoms with Gasteiger partial charge in [0.2, 0.25) is 0 Å². The van der Waals surface area contributed by atoms with Crippen molar-refractivity contribution in [3.63, 3.8) is 0 Å². The molecule has 0 spiro atoms. The van der Waals surface area contributed by atoms with Gasteiger partial charge in [-0.15, -0.1) is 0 Å². The van der Waals surface area contributed by atoms with Crippen LogP contribution in [0.5, 0.6) is 0 Å². The predicted molar refractivity (Wildman–Crippen MR) is 146 cm³/mol. The fraction of sp³-hybridized carbons (Fsp3) is 0.516. The summed E-state index contributed by atoms with van der Waals surface area (Å²) in [6.45, 7) is 28.7. The molecule has 0 aromatic heterocycles. The lowest BCUT2D eigenvalue weighted by Gasteiger charge is -2.31. The van der Waals surface area contributed by atoms with Crippen molar-refractivity contribution in [1.82, 2.24) is 6.15 Å². The van der Waals surface area contributed by atoms with Crippen molar-refractivity contribution in [2.75, 3.05) is 0 Å². The molecule has 0 bridgehead atoms. The van der Waals surface area contributed by atoms with Crippen LogP contribution in [0.3, 0.4) is 0 Å². The van der Waals surface area contributed by atoms with E-state index < -0.39 is 0 Å². The van der Waals surface area contributed by atoms with Gasteiger partial charge in [0.25, 0.3) is 0 Å². The standard InChI is InChI=1S/C16H24.C15H23.H3N/c1-12(2)11-14(4)16(5,6)15-9-7-13(3)8-10-15;1-7-15(5,6)12(4)14-9-8-13(10-14)11(2)3;/h7-12H,1-6H3;8-10,12H,2,7H2,1,3-6H3;1H3/b14-11+;;. The Morgan fingerprint density at radius 1 is 0.969 bits per heavy atom. The highest BCUT2D eigenvalue weighted by atomic mass is 14.3. The molecule has 0 heterocycles. The van der Waals surface area contributed by atoms with E-state index in [1.165, 1.54) is 34.6 Å². The van der Waals surface area contributed by atoms with Crippen LogP contribution in [0.25, 0.3) is 0 Å². The van der Waals surface area contributed by atoms with Crippen molar-refractivity contribution in [1.29, 1.82) is 0 Å². The van der Waals surface area contributed by atoms with Crippen LogP contribution in [-0.4, -0.2) is 0 Å². The fourth-order valence-electron chi connectivity index (χ4n) is 3.66. The molecule has 179 valence electrons. The van der Waals surface area contributed by atoms with E-state index in [0.29, 0.717) is 17.3 Å². The lowest BCUT2D eigenvalue weighted by Crippen LogP contribution is -2.21. The van der Waals surface area contributed by atoms with E-state index in [1.54, 1.807) is 0 Å². The highest BCUT2D eigenvalue weighted by Gasteiger charge is 2.27. The van der Waals surface area contributed by atoms with E-state index in [9.17, 15) is 0 Å². The second kappa shape index (κ2) is 12.4. The van der Waals surface area contributed by atoms with E-state index in [0.717, 1.165) is 5.57 Å². The van der Waals surface area contributed by atoms with Gasteiger partial charge in [0.15, 0.2) is 0 Å². The molecule has 2 rings (SSSR count). The van der Waals surface area contributed by atoms with Crippen LogP contribution >= 0.6 is 0 Å². The first-order valence-electron chi connectivity index (χ1n) is 11.9. The van der Waals surface area contributed by atoms with Gasteiger partial charge in [-0.1, -0.05) is 134 Å². The summed E-state index contributed by atoms with van der Waals surface area (Å²) >= 11 is 0. The number of hydrogen-bond acceptors (Lipinski definition) is 1. The van der Waals surface area contributed by atoms with Gasteiger partial charge < -0.3 is 6.15 Å². The highest BCUT2D eigenvalue weighted by Crippen LogP contribution is 2.39. The molecular formula is C31H50N. The Balaban J connectivity index is 0.000000584. The number of rotatable bonds is 7. The number of benzene rings is 1. The van der Waals surface area contributed by atoms with Gasteiger partial charge in [0, 0.05) is 11.3 Å². The number of allylic oxidation sites excluding steroid dienone is 7. The second-order valence-corrected chi connectivity index (χ2v) is 10.9. The Bertz CT molecular complexity index is 813. The Labute approximate surface area is 200 Å². The van der Waals surface area contributed by atoms with Crippen molar-refractivity contribution >= 4 is 0 Å². The van der Waals surface area contributed by atoms with Crippen LogP contribution in [0.4, 0.5) is 0 Å². The SMILES string of the molecule is C/C(=C\C(C)C)C(C)(C)c1ccc(C)cc1.C=C(C)[C]1C=CC(C(C)C(C)(C)CC)=C1.N. The molecule has 1 aromatic carbocycles. The Hall–Kier alpha value is -1.86. The van der Waals surface area contributed by atoms with E-state index in [4.69, 9.17) is 0 Å². The first-order valence-corrected chi connectivity index (χ1v) is 11.9. The van der Waals surface area contributed by atoms with E-state index in [2.05, 4.69) is 131 Å². The third-order valence-corrected chi connectivity index (χ3v) is 7.20. The minimum Gasteiger partial charge on any atom is -0.344 e. The van der Waals surface area contributed by atoms with Gasteiger partial charge in [-0.3, -0.25) is 0 Å². The maximum Gasteiger partial charge on any atom is 0.0439 e. The summed E-state index contributed by atoms with van der Waals surface area (Å²) in [6, 6.07) is 8.87. The Morgan fingerprint density at radius 3 is 1.91 bits per heavy atom. The van der Waals surface area contributed by atoms with Crippen LogP contribution in [-0.2, 0) is 5.41 Å². The average Bonchev–Trinajstić information content (AvgIpc) is 3.18. The molecule has 0 amide bonds. The van der Waals surface area contributed by atoms with Gasteiger partial charge in [0.05, 0.1) is 0 Å². The molecule has 1 aromatic rings. The molecule has 0 saturated carbocycles. The normalized spacial score (nSPS) is 15.6. The molecule has 3 N–H and O–H groups in total. The monoisotopic (exact) mass is 436 g/mol. The summed E-state index contributed by atoms with van der Waals surface area (Å²) in [4.78, 5) is 0. The van der Waals surface area contributed by atoms with Gasteiger partial charge in [-0.2, -0.15) is 0 Å². The molecule has 1 radical (unpaired) electrons. The zero-order chi connectivity index (χ0) is 24.0. The van der Waals surface area contributed by atoms with Crippen molar-refractivity contribution in [3.05, 3.63) is 88.9 Å². The van der Waals surface area contributed by atoms with Gasteiger partial charge in [0.1, 0.15) is 0 Å². The van der Waals surface area contributed by atoms with Crippen molar-refractivity contribution in [2.45, 2.75) is 88.0 Å². The zero-order valence-corrected chi connectivity index (χ0v) is 22.9. The first kappa shape index (κ1) is 30.1. The quantitative estimate of drug-likeness (QED) is 0.424. The van der Waals surface area contributed by atoms with Crippen molar-refractivity contribution < 1.29 is 0 Å². The minimum absolute atomic E-state index is 0. The average molecular weight is 437 g/mol. The molecule has 1 atom stereocenters. The number of aryl methyl sites for hydroxylation is 1. The summed E-state index contributed by atoms with van der Waals surface area (Å²) in [6.07, 6.45) is 10.3. The maximum atomic E-state index is 3.98. The van der Waals surface area contributed by atoms with Crippen LogP contribution in [0.2, 0.25) is 0 Å². The largest absolute Gasteiger partial charge is 0.344 e. The maximum absolute atomic E-state index is 3.98. The van der Waals surface area contributed by atoms with Crippen molar-refractivity contribution in [2.24, 2.45) is 17.3 Å². The van der Waals surface area contributed by atoms with E-state index in [1.807, 2.05) is 0 Å². The van der Waals surface area contributed by atoms with Crippen molar-refractivity contribution in [3.8, 4) is 0 Å². The summed E-state index contributed by atoms with van der Waals surface area (Å²) < 4.78 is 0. The highest BCUT2D eigenvalue weighted by molar-refractivity contribution is 5.50. The molecule has 0 fully saturated rings. The number of hydrogen-bond donors (Lipinski definition) is 1. The second-order valence-electron chi connectivity index (χ2n) is 10.9. The summed E-state index contributed by atoms with van der Waals surface area (Å²) in [5.74, 6) is 2.50. The molecular weight excluding hydrogens is 386 g/mol. The molecule has 1 aliphatic rings. The third kappa shape index (κ3) is 8.24. The van der Waals surface area contributed by atoms with Gasteiger partial charge in [-0.25, -0.2) is 0 Å². The van der Waals surface area contributed by atoms with Gasteiger partial charge in [-0.05, 0) is 49.2 Å². The summed E-state index contributed by atoms with van der Waals surface area (Å²) in [7, 11) is 0. The Morgan fingerprint density at radius 2 is 1.50 bits per heavy atom. The summed E-state index contributed by atoms with van der Waals surface area (Å²) in [5.41, 5.74) is 7.28. The van der Waals surface area contributed by atoms with E-state index in [-0.39, 0.29) is 11.6 Å². The molecule has 0 aliphatic heterocycles. The summed E-state index contributed by atoms with van der Waals surface area (Å²) in [5, 5.41) is 0. The molecule has 1 nitrogen and oxygen atoms in total. The minimum atomic E-state index is 0. The van der Waals surface area contributed by atoms with Gasteiger partial charge >= 0.3 is 0 Å². The predicted octanol–water partition coefficient (Wildman–Crippen LogP) is 9.74. The first-order chi connectivity index (χ1) is 14.2. The van der Waals surface area contributed by atoms with Crippen LogP contribution in [0, 0.1) is 30.1 Å². The topological polar surface area (TPSA) is 35.0 Å². The van der Waals surface area contributed by atoms with E-state index >= 15 is 0 Å². The lowest BCUT2D eigenvalue weighted by atomic mass is 9.74. The van der Waals surface area contributed by atoms with Crippen LogP contribution in [0.1, 0.15) is 86.8 Å². The lowest BCUT2D eigenvalue weighted by molar-refractivity contribution is 0.258.